The van der Waals surface area contributed by atoms with E-state index in [0.29, 0.717) is 11.8 Å². The number of hydrogen-bond acceptors (Lipinski definition) is 2. The molecule has 1 heterocycles. The van der Waals surface area contributed by atoms with Crippen molar-refractivity contribution >= 4 is 0 Å². The molecule has 4 atom stereocenters. The molecule has 2 nitrogen and oxygen atoms in total. The van der Waals surface area contributed by atoms with Gasteiger partial charge in [0.05, 0.1) is 11.7 Å². The summed E-state index contributed by atoms with van der Waals surface area (Å²) in [5.74, 6) is 0.968. The molecule has 76 valence electrons. The summed E-state index contributed by atoms with van der Waals surface area (Å²) in [5.41, 5.74) is -0.355. The van der Waals surface area contributed by atoms with E-state index in [-0.39, 0.29) is 11.7 Å². The Labute approximate surface area is 80.3 Å². The summed E-state index contributed by atoms with van der Waals surface area (Å²) in [4.78, 5) is 0. The smallest absolute Gasteiger partial charge is 0.0734 e. The van der Waals surface area contributed by atoms with Gasteiger partial charge in [0.15, 0.2) is 0 Å². The van der Waals surface area contributed by atoms with Crippen molar-refractivity contribution in [3.05, 3.63) is 0 Å². The molecule has 2 rings (SSSR count). The van der Waals surface area contributed by atoms with Crippen LogP contribution in [0, 0.1) is 11.8 Å². The second-order valence-corrected chi connectivity index (χ2v) is 4.65. The minimum Gasteiger partial charge on any atom is -0.389 e. The van der Waals surface area contributed by atoms with E-state index in [2.05, 4.69) is 13.8 Å². The van der Waals surface area contributed by atoms with E-state index >= 15 is 0 Å². The highest BCUT2D eigenvalue weighted by molar-refractivity contribution is 5.09. The Morgan fingerprint density at radius 2 is 2.31 bits per heavy atom. The van der Waals surface area contributed by atoms with Crippen molar-refractivity contribution in [2.75, 3.05) is 6.61 Å². The highest BCUT2D eigenvalue weighted by atomic mass is 16.5. The summed E-state index contributed by atoms with van der Waals surface area (Å²) in [6.07, 6.45) is 4.71. The molecule has 4 unspecified atom stereocenters. The van der Waals surface area contributed by atoms with Crippen LogP contribution in [0.1, 0.15) is 39.5 Å². The number of rotatable bonds is 3. The summed E-state index contributed by atoms with van der Waals surface area (Å²) in [7, 11) is 0. The van der Waals surface area contributed by atoms with Gasteiger partial charge in [0.25, 0.3) is 0 Å². The van der Waals surface area contributed by atoms with Gasteiger partial charge >= 0.3 is 0 Å². The van der Waals surface area contributed by atoms with Crippen LogP contribution in [0.2, 0.25) is 0 Å². The molecular formula is C11H20O2. The van der Waals surface area contributed by atoms with E-state index in [1.807, 2.05) is 0 Å². The fraction of sp³-hybridized carbons (Fsp3) is 1.00. The van der Waals surface area contributed by atoms with Gasteiger partial charge < -0.3 is 9.84 Å². The summed E-state index contributed by atoms with van der Waals surface area (Å²) in [6.45, 7) is 5.12. The maximum atomic E-state index is 10.3. The molecule has 1 saturated carbocycles. The van der Waals surface area contributed by atoms with E-state index in [0.717, 1.165) is 19.4 Å². The average molecular weight is 184 g/mol. The van der Waals surface area contributed by atoms with Gasteiger partial charge in [-0.25, -0.2) is 0 Å². The van der Waals surface area contributed by atoms with Crippen molar-refractivity contribution in [2.45, 2.75) is 51.2 Å². The lowest BCUT2D eigenvalue weighted by Gasteiger charge is -2.21. The van der Waals surface area contributed by atoms with E-state index in [1.165, 1.54) is 12.8 Å². The molecule has 0 aromatic carbocycles. The van der Waals surface area contributed by atoms with Gasteiger partial charge in [-0.2, -0.15) is 0 Å². The standard InChI is InChI=1S/C11H20O2/c1-3-4-9-7-11(9,12)10-5-6-13-8(10)2/h8-10,12H,3-7H2,1-2H3. The Bertz CT molecular complexity index is 193. The first-order valence-electron chi connectivity index (χ1n) is 5.52. The van der Waals surface area contributed by atoms with Crippen LogP contribution >= 0.6 is 0 Å². The van der Waals surface area contributed by atoms with Crippen LogP contribution in [0.25, 0.3) is 0 Å². The summed E-state index contributed by atoms with van der Waals surface area (Å²) in [6, 6.07) is 0. The SMILES string of the molecule is CCCC1CC1(O)C1CCOC1C. The first-order valence-corrected chi connectivity index (χ1v) is 5.52. The molecule has 2 aliphatic rings. The molecule has 0 aromatic rings. The Balaban J connectivity index is 1.94. The predicted octanol–water partition coefficient (Wildman–Crippen LogP) is 1.96. The maximum absolute atomic E-state index is 10.3. The van der Waals surface area contributed by atoms with Crippen molar-refractivity contribution in [1.29, 1.82) is 0 Å². The molecule has 2 fully saturated rings. The highest BCUT2D eigenvalue weighted by Crippen LogP contribution is 2.55. The molecule has 1 aliphatic heterocycles. The Morgan fingerprint density at radius 3 is 2.85 bits per heavy atom. The van der Waals surface area contributed by atoms with Gasteiger partial charge in [0, 0.05) is 12.5 Å². The van der Waals surface area contributed by atoms with Crippen molar-refractivity contribution in [2.24, 2.45) is 11.8 Å². The molecule has 0 aromatic heterocycles. The van der Waals surface area contributed by atoms with Crippen molar-refractivity contribution in [3.8, 4) is 0 Å². The van der Waals surface area contributed by atoms with Crippen LogP contribution in [0.5, 0.6) is 0 Å². The van der Waals surface area contributed by atoms with Crippen LogP contribution in [0.4, 0.5) is 0 Å². The van der Waals surface area contributed by atoms with Gasteiger partial charge in [-0.05, 0) is 32.1 Å². The molecule has 1 saturated heterocycles. The number of hydrogen-bond donors (Lipinski definition) is 1. The minimum atomic E-state index is -0.355. The zero-order chi connectivity index (χ0) is 9.47. The Morgan fingerprint density at radius 1 is 1.54 bits per heavy atom. The quantitative estimate of drug-likeness (QED) is 0.726. The van der Waals surface area contributed by atoms with E-state index in [1.54, 1.807) is 0 Å². The fourth-order valence-electron chi connectivity index (χ4n) is 2.88. The van der Waals surface area contributed by atoms with Crippen LogP contribution in [-0.2, 0) is 4.74 Å². The Hall–Kier alpha value is -0.0800. The third-order valence-corrected chi connectivity index (χ3v) is 3.78. The maximum Gasteiger partial charge on any atom is 0.0734 e. The van der Waals surface area contributed by atoms with Crippen molar-refractivity contribution in [1.82, 2.24) is 0 Å². The van der Waals surface area contributed by atoms with Gasteiger partial charge in [-0.1, -0.05) is 13.3 Å². The lowest BCUT2D eigenvalue weighted by molar-refractivity contribution is 0.0169. The lowest BCUT2D eigenvalue weighted by Crippen LogP contribution is -2.30. The Kier molecular flexibility index (Phi) is 2.37. The molecule has 1 N–H and O–H groups in total. The van der Waals surface area contributed by atoms with Gasteiger partial charge in [-0.15, -0.1) is 0 Å². The van der Waals surface area contributed by atoms with Crippen LogP contribution in [0.3, 0.4) is 0 Å². The molecule has 13 heavy (non-hydrogen) atoms. The molecule has 0 amide bonds. The first-order chi connectivity index (χ1) is 6.18. The van der Waals surface area contributed by atoms with Crippen LogP contribution in [-0.4, -0.2) is 23.4 Å². The number of aliphatic hydroxyl groups is 1. The molecular weight excluding hydrogens is 164 g/mol. The first kappa shape index (κ1) is 9.47. The topological polar surface area (TPSA) is 29.5 Å². The second kappa shape index (κ2) is 3.25. The van der Waals surface area contributed by atoms with Gasteiger partial charge in [-0.3, -0.25) is 0 Å². The van der Waals surface area contributed by atoms with Crippen LogP contribution in [0.15, 0.2) is 0 Å². The third kappa shape index (κ3) is 1.50. The predicted molar refractivity (Wildman–Crippen MR) is 51.5 cm³/mol. The normalized spacial score (nSPS) is 49.6. The van der Waals surface area contributed by atoms with E-state index in [9.17, 15) is 5.11 Å². The third-order valence-electron chi connectivity index (χ3n) is 3.78. The van der Waals surface area contributed by atoms with E-state index < -0.39 is 0 Å². The monoisotopic (exact) mass is 184 g/mol. The van der Waals surface area contributed by atoms with Gasteiger partial charge in [0.2, 0.25) is 0 Å². The zero-order valence-electron chi connectivity index (χ0n) is 8.62. The lowest BCUT2D eigenvalue weighted by atomic mass is 9.91. The highest BCUT2D eigenvalue weighted by Gasteiger charge is 2.59. The minimum absolute atomic E-state index is 0.270. The second-order valence-electron chi connectivity index (χ2n) is 4.65. The molecule has 0 spiro atoms. The molecule has 1 aliphatic carbocycles. The fourth-order valence-corrected chi connectivity index (χ4v) is 2.88. The number of ether oxygens (including phenoxy) is 1. The summed E-state index contributed by atoms with van der Waals surface area (Å²) < 4.78 is 5.50. The van der Waals surface area contributed by atoms with Crippen molar-refractivity contribution < 1.29 is 9.84 Å². The zero-order valence-corrected chi connectivity index (χ0v) is 8.62. The van der Waals surface area contributed by atoms with Gasteiger partial charge in [0.1, 0.15) is 0 Å². The van der Waals surface area contributed by atoms with Crippen molar-refractivity contribution in [3.63, 3.8) is 0 Å². The van der Waals surface area contributed by atoms with Crippen LogP contribution < -0.4 is 0 Å². The van der Waals surface area contributed by atoms with E-state index in [4.69, 9.17) is 4.74 Å². The molecule has 2 heteroatoms. The summed E-state index contributed by atoms with van der Waals surface area (Å²) in [5, 5.41) is 10.3. The summed E-state index contributed by atoms with van der Waals surface area (Å²) >= 11 is 0. The molecule has 0 bridgehead atoms. The average Bonchev–Trinajstić information content (AvgIpc) is 2.56. The largest absolute Gasteiger partial charge is 0.389 e. The molecule has 0 radical (unpaired) electrons.